The van der Waals surface area contributed by atoms with E-state index in [0.717, 1.165) is 185 Å². The van der Waals surface area contributed by atoms with Crippen molar-refractivity contribution < 1.29 is 18.1 Å². The fourth-order valence-corrected chi connectivity index (χ4v) is 17.9. The molecule has 0 radical (unpaired) electrons. The van der Waals surface area contributed by atoms with Crippen LogP contribution in [0.15, 0.2) is 503 Å². The van der Waals surface area contributed by atoms with Crippen LogP contribution in [0, 0.1) is 27.7 Å². The molecule has 0 spiro atoms. The van der Waals surface area contributed by atoms with Crippen LogP contribution in [0.4, 0.5) is 0 Å². The van der Waals surface area contributed by atoms with E-state index >= 15 is 0 Å². The van der Waals surface area contributed by atoms with Gasteiger partial charge >= 0.3 is 0 Å². The van der Waals surface area contributed by atoms with Crippen LogP contribution >= 0.6 is 0 Å². The molecule has 0 amide bonds. The van der Waals surface area contributed by atoms with E-state index in [1.54, 1.807) is 0 Å². The molecule has 0 N–H and O–H groups in total. The Labute approximate surface area is 866 Å². The van der Waals surface area contributed by atoms with Crippen molar-refractivity contribution in [3.63, 3.8) is 0 Å². The molecule has 150 heavy (non-hydrogen) atoms. The van der Waals surface area contributed by atoms with Gasteiger partial charge in [-0.1, -0.05) is 494 Å². The Kier molecular flexibility index (Phi) is 27.9. The molecule has 0 atom stereocenters. The number of nitrogens with zero attached hydrogens (tertiary/aromatic N) is 16. The Morgan fingerprint density at radius 3 is 0.527 bits per heavy atom. The molecule has 0 saturated carbocycles. The molecule has 0 fully saturated rings. The lowest BCUT2D eigenvalue weighted by Crippen LogP contribution is -2.00. The van der Waals surface area contributed by atoms with Crippen LogP contribution in [0.25, 0.3) is 237 Å². The monoisotopic (exact) mass is 1940 g/mol. The zero-order valence-electron chi connectivity index (χ0n) is 82.0. The summed E-state index contributed by atoms with van der Waals surface area (Å²) in [5.74, 6) is 10.7. The summed E-state index contributed by atoms with van der Waals surface area (Å²) in [6.45, 7) is 7.77. The van der Waals surface area contributed by atoms with Crippen LogP contribution in [0.1, 0.15) is 22.9 Å². The van der Waals surface area contributed by atoms with Gasteiger partial charge in [-0.25, -0.2) is 59.8 Å². The summed E-state index contributed by atoms with van der Waals surface area (Å²) in [4.78, 5) is 58.0. The van der Waals surface area contributed by atoms with Gasteiger partial charge in [0.25, 0.3) is 0 Å². The molecule has 0 aliphatic carbocycles. The van der Waals surface area contributed by atoms with E-state index in [0.29, 0.717) is 75.7 Å². The highest BCUT2D eigenvalue weighted by Gasteiger charge is 2.27. The van der Waals surface area contributed by atoms with Crippen LogP contribution in [-0.4, -0.2) is 80.4 Å². The third kappa shape index (κ3) is 21.3. The number of hydrogen-bond donors (Lipinski definition) is 0. The van der Waals surface area contributed by atoms with E-state index in [1.807, 2.05) is 434 Å². The molecule has 20 heteroatoms. The minimum absolute atomic E-state index is 0.596. The maximum absolute atomic E-state index is 6.00. The topological polar surface area (TPSA) is 259 Å². The summed E-state index contributed by atoms with van der Waals surface area (Å²) in [5.41, 5.74) is 28.7. The lowest BCUT2D eigenvalue weighted by molar-refractivity contribution is 0.393. The molecular weight excluding hydrogens is 1850 g/mol. The Morgan fingerprint density at radius 1 is 0.127 bits per heavy atom. The summed E-state index contributed by atoms with van der Waals surface area (Å²) in [6.07, 6.45) is 0. The maximum Gasteiger partial charge on any atom is 0.175 e. The second-order valence-electron chi connectivity index (χ2n) is 35.4. The summed E-state index contributed by atoms with van der Waals surface area (Å²) < 4.78 is 22.6. The minimum Gasteiger partial charge on any atom is -0.361 e. The van der Waals surface area contributed by atoms with Gasteiger partial charge in [0.05, 0.1) is 22.5 Å². The van der Waals surface area contributed by atoms with Crippen LogP contribution < -0.4 is 0 Å². The van der Waals surface area contributed by atoms with Crippen LogP contribution in [0.3, 0.4) is 0 Å². The van der Waals surface area contributed by atoms with Crippen LogP contribution in [-0.2, 0) is 0 Å². The molecule has 0 aliphatic rings. The first-order valence-electron chi connectivity index (χ1n) is 49.1. The molecule has 0 bridgehead atoms. The smallest absolute Gasteiger partial charge is 0.175 e. The van der Waals surface area contributed by atoms with Crippen LogP contribution in [0.2, 0.25) is 0 Å². The summed E-state index contributed by atoms with van der Waals surface area (Å²) >= 11 is 0. The SMILES string of the molecule is Cc1noc(C)c1-c1ccc(-c2ccc(-c3nc(-c4ccccc4)nc(-c4ccccc4)n3)cc2)cc1.Cc1noc(C)c1-c1cccc(-c2nc(-c3ccccc3)nc(-c3ccccc3)n2)c1.c1ccc(-c2nc(-c3ccccc3)nc(-c3ccc(-c4c(-c5ccccc5)noc4-c4ccccc4)cc3)n2)cc1.c1ccc(-c2nc(-c3ccccc3)nc(-c3cccc(-c4c(-c5ccccc5)noc4-c4ccccc4)c3)n2)cc1. The number of rotatable bonds is 21. The third-order valence-electron chi connectivity index (χ3n) is 25.3. The largest absolute Gasteiger partial charge is 0.361 e. The first kappa shape index (κ1) is 94.5. The third-order valence-corrected chi connectivity index (χ3v) is 25.3. The van der Waals surface area contributed by atoms with Crippen LogP contribution in [0.5, 0.6) is 0 Å². The van der Waals surface area contributed by atoms with E-state index in [-0.39, 0.29) is 0 Å². The van der Waals surface area contributed by atoms with Gasteiger partial charge in [0, 0.05) is 100 Å². The van der Waals surface area contributed by atoms with Crippen molar-refractivity contribution in [3.05, 3.63) is 508 Å². The first-order chi connectivity index (χ1) is 74.0. The van der Waals surface area contributed by atoms with Gasteiger partial charge in [0.15, 0.2) is 81.4 Å². The summed E-state index contributed by atoms with van der Waals surface area (Å²) in [6, 6.07) is 162. The van der Waals surface area contributed by atoms with Crippen molar-refractivity contribution in [1.82, 2.24) is 80.4 Å². The lowest BCUT2D eigenvalue weighted by Gasteiger charge is -2.10. The quantitative estimate of drug-likeness (QED) is 0.0647. The number of aryl methyl sites for hydroxylation is 4. The number of aromatic nitrogens is 16. The van der Waals surface area contributed by atoms with Crippen molar-refractivity contribution in [2.24, 2.45) is 0 Å². The fraction of sp³-hybridized carbons (Fsp3) is 0.0308. The minimum atomic E-state index is 0.596. The highest BCUT2D eigenvalue weighted by molar-refractivity contribution is 5.93. The molecule has 0 saturated heterocycles. The molecule has 0 aliphatic heterocycles. The van der Waals surface area contributed by atoms with Crippen molar-refractivity contribution in [2.45, 2.75) is 27.7 Å². The molecule has 716 valence electrons. The molecule has 25 aromatic rings. The van der Waals surface area contributed by atoms with E-state index in [4.69, 9.17) is 77.9 Å². The van der Waals surface area contributed by atoms with E-state index in [1.165, 1.54) is 0 Å². The fourth-order valence-electron chi connectivity index (χ4n) is 17.9. The number of benzene rings is 17. The Morgan fingerprint density at radius 2 is 0.293 bits per heavy atom. The second-order valence-corrected chi connectivity index (χ2v) is 35.4. The van der Waals surface area contributed by atoms with Crippen molar-refractivity contribution in [3.8, 4) is 237 Å². The van der Waals surface area contributed by atoms with Gasteiger partial charge in [-0.05, 0) is 73.2 Å². The first-order valence-corrected chi connectivity index (χ1v) is 49.1. The van der Waals surface area contributed by atoms with Gasteiger partial charge in [-0.3, -0.25) is 0 Å². The highest BCUT2D eigenvalue weighted by atomic mass is 16.5. The number of hydrogen-bond acceptors (Lipinski definition) is 20. The second kappa shape index (κ2) is 44.2. The Bertz CT molecular complexity index is 8510. The molecule has 0 unspecified atom stereocenters. The normalized spacial score (nSPS) is 10.9. The lowest BCUT2D eigenvalue weighted by atomic mass is 9.95. The van der Waals surface area contributed by atoms with Crippen molar-refractivity contribution in [2.75, 3.05) is 0 Å². The van der Waals surface area contributed by atoms with Gasteiger partial charge < -0.3 is 18.1 Å². The Hall–Kier alpha value is -20.4. The highest BCUT2D eigenvalue weighted by Crippen LogP contribution is 2.45. The zero-order chi connectivity index (χ0) is 101. The van der Waals surface area contributed by atoms with Gasteiger partial charge in [-0.15, -0.1) is 0 Å². The predicted octanol–water partition coefficient (Wildman–Crippen LogP) is 31.7. The summed E-state index contributed by atoms with van der Waals surface area (Å²) in [7, 11) is 0. The molecule has 8 aromatic heterocycles. The maximum atomic E-state index is 6.00. The average molecular weight is 1940 g/mol. The van der Waals surface area contributed by atoms with Crippen molar-refractivity contribution in [1.29, 1.82) is 0 Å². The van der Waals surface area contributed by atoms with Gasteiger partial charge in [-0.2, -0.15) is 0 Å². The summed E-state index contributed by atoms with van der Waals surface area (Å²) in [5, 5.41) is 17.2. The van der Waals surface area contributed by atoms with Gasteiger partial charge in [0.1, 0.15) is 22.9 Å². The molecule has 17 aromatic carbocycles. The Balaban J connectivity index is 0.000000114. The van der Waals surface area contributed by atoms with Crippen molar-refractivity contribution >= 4 is 0 Å². The zero-order valence-corrected chi connectivity index (χ0v) is 82.0. The van der Waals surface area contributed by atoms with E-state index in [9.17, 15) is 0 Å². The molecule has 8 heterocycles. The molecule has 20 nitrogen and oxygen atoms in total. The van der Waals surface area contributed by atoms with Gasteiger partial charge in [0.2, 0.25) is 0 Å². The molecular formula is C130H92N16O4. The standard InChI is InChI=1S/2C36H24N4O.C32H24N4O.C26H20N4O/c1-5-14-25(15-6-1)32-31(33(41-40-32)26-16-7-2-8-17-26)29-22-13-23-30(24-29)36-38-34(27-18-9-3-10-19-27)37-35(39-36)28-20-11-4-12-21-28;1-5-13-26(14-6-1)32-31(33(41-40-32)27-15-7-2-8-16-27)25-21-23-30(24-22-25)36-38-34(28-17-9-3-10-18-28)37-35(39-36)29-19-11-4-12-20-29;1-21-29(22(2)37-36-21)25-17-13-23(14-18-25)24-15-19-28(20-16-24)32-34-30(26-9-5-3-6-10-26)33-31(35-32)27-11-7-4-8-12-27;1-17-23(18(2)31-30-17)21-14-9-15-22(16-21)26-28-24(19-10-5-3-6-11-19)27-25(29-26)20-12-7-4-8-13-20/h2*1-24H;3-20H,1-2H3;3-16H,1-2H3. The van der Waals surface area contributed by atoms with E-state index < -0.39 is 0 Å². The van der Waals surface area contributed by atoms with E-state index in [2.05, 4.69) is 99.5 Å². The predicted molar refractivity (Wildman–Crippen MR) is 593 cm³/mol. The average Bonchev–Trinajstić information content (AvgIpc) is 1.56. The molecule has 25 rings (SSSR count).